The van der Waals surface area contributed by atoms with Gasteiger partial charge < -0.3 is 10.1 Å². The zero-order valence-corrected chi connectivity index (χ0v) is 12.4. The second-order valence-corrected chi connectivity index (χ2v) is 5.02. The van der Waals surface area contributed by atoms with E-state index in [0.29, 0.717) is 24.1 Å². The first-order valence-electron chi connectivity index (χ1n) is 6.74. The molecule has 0 spiro atoms. The van der Waals surface area contributed by atoms with Crippen molar-refractivity contribution in [3.63, 3.8) is 0 Å². The predicted octanol–water partition coefficient (Wildman–Crippen LogP) is 3.04. The van der Waals surface area contributed by atoms with Crippen LogP contribution in [0.5, 0.6) is 5.75 Å². The van der Waals surface area contributed by atoms with Crippen LogP contribution in [0.25, 0.3) is 0 Å². The molecule has 1 heterocycles. The minimum atomic E-state index is 0.445. The van der Waals surface area contributed by atoms with Crippen molar-refractivity contribution < 1.29 is 4.74 Å². The van der Waals surface area contributed by atoms with Gasteiger partial charge in [0.1, 0.15) is 12.4 Å². The molecule has 2 aromatic carbocycles. The molecule has 0 saturated heterocycles. The number of nitrogens with zero attached hydrogens (tertiary/aromatic N) is 3. The second-order valence-electron chi connectivity index (χ2n) is 4.61. The van der Waals surface area contributed by atoms with Crippen LogP contribution in [0.15, 0.2) is 48.5 Å². The number of halogens is 1. The average Bonchev–Trinajstić information content (AvgIpc) is 3.07. The summed E-state index contributed by atoms with van der Waals surface area (Å²) in [7, 11) is 0. The van der Waals surface area contributed by atoms with E-state index in [2.05, 4.69) is 25.9 Å². The lowest BCUT2D eigenvalue weighted by atomic mass is 10.2. The van der Waals surface area contributed by atoms with Crippen LogP contribution in [0, 0.1) is 0 Å². The first-order chi connectivity index (χ1) is 10.8. The van der Waals surface area contributed by atoms with Crippen molar-refractivity contribution in [3.8, 4) is 5.75 Å². The van der Waals surface area contributed by atoms with Gasteiger partial charge in [-0.2, -0.15) is 5.21 Å². The summed E-state index contributed by atoms with van der Waals surface area (Å²) in [6.45, 7) is 1.06. The molecular formula is C15H14ClN5O. The topological polar surface area (TPSA) is 75.7 Å². The molecule has 6 nitrogen and oxygen atoms in total. The van der Waals surface area contributed by atoms with Crippen LogP contribution in [0.2, 0.25) is 5.02 Å². The van der Waals surface area contributed by atoms with Crippen molar-refractivity contribution in [3.05, 3.63) is 64.7 Å². The summed E-state index contributed by atoms with van der Waals surface area (Å²) in [4.78, 5) is 0. The monoisotopic (exact) mass is 315 g/mol. The molecule has 2 N–H and O–H groups in total. The van der Waals surface area contributed by atoms with Crippen LogP contribution in [-0.4, -0.2) is 20.6 Å². The molecule has 1 aromatic heterocycles. The smallest absolute Gasteiger partial charge is 0.263 e. The third kappa shape index (κ3) is 3.73. The number of tetrazole rings is 1. The molecule has 0 saturated carbocycles. The van der Waals surface area contributed by atoms with E-state index in [-0.39, 0.29) is 0 Å². The zero-order chi connectivity index (χ0) is 15.2. The van der Waals surface area contributed by atoms with Crippen molar-refractivity contribution in [2.24, 2.45) is 0 Å². The molecule has 0 bridgehead atoms. The highest BCUT2D eigenvalue weighted by Crippen LogP contribution is 2.19. The Bertz CT molecular complexity index is 715. The van der Waals surface area contributed by atoms with Crippen LogP contribution in [0.3, 0.4) is 0 Å². The summed E-state index contributed by atoms with van der Waals surface area (Å²) in [5.74, 6) is 1.27. The van der Waals surface area contributed by atoms with Gasteiger partial charge in [0.2, 0.25) is 0 Å². The highest BCUT2D eigenvalue weighted by molar-refractivity contribution is 6.31. The Kier molecular flexibility index (Phi) is 4.50. The first kappa shape index (κ1) is 14.3. The van der Waals surface area contributed by atoms with E-state index in [1.54, 1.807) is 0 Å². The molecular weight excluding hydrogens is 302 g/mol. The van der Waals surface area contributed by atoms with Crippen molar-refractivity contribution >= 4 is 17.5 Å². The molecule has 7 heteroatoms. The third-order valence-electron chi connectivity index (χ3n) is 3.07. The van der Waals surface area contributed by atoms with Crippen molar-refractivity contribution in [1.29, 1.82) is 0 Å². The third-order valence-corrected chi connectivity index (χ3v) is 3.44. The van der Waals surface area contributed by atoms with Crippen molar-refractivity contribution in [2.75, 3.05) is 5.32 Å². The number of ether oxygens (including phenoxy) is 1. The predicted molar refractivity (Wildman–Crippen MR) is 83.7 cm³/mol. The van der Waals surface area contributed by atoms with Gasteiger partial charge in [-0.05, 0) is 29.0 Å². The Hall–Kier alpha value is -2.60. The van der Waals surface area contributed by atoms with E-state index >= 15 is 0 Å². The van der Waals surface area contributed by atoms with Crippen molar-refractivity contribution in [2.45, 2.75) is 13.2 Å². The molecule has 112 valence electrons. The lowest BCUT2D eigenvalue weighted by molar-refractivity contribution is 0.306. The Balaban J connectivity index is 1.54. The number of rotatable bonds is 6. The van der Waals surface area contributed by atoms with E-state index in [9.17, 15) is 0 Å². The summed E-state index contributed by atoms with van der Waals surface area (Å²) in [6, 6.07) is 15.4. The van der Waals surface area contributed by atoms with Gasteiger partial charge in [0.25, 0.3) is 5.95 Å². The summed E-state index contributed by atoms with van der Waals surface area (Å²) in [6.07, 6.45) is 0. The highest BCUT2D eigenvalue weighted by Gasteiger charge is 2.01. The first-order valence-corrected chi connectivity index (χ1v) is 7.11. The van der Waals surface area contributed by atoms with E-state index < -0.39 is 0 Å². The Morgan fingerprint density at radius 3 is 2.64 bits per heavy atom. The summed E-state index contributed by atoms with van der Waals surface area (Å²) in [5, 5.41) is 17.3. The van der Waals surface area contributed by atoms with E-state index in [0.717, 1.165) is 16.9 Å². The maximum atomic E-state index is 6.10. The maximum absolute atomic E-state index is 6.10. The van der Waals surface area contributed by atoms with Crippen LogP contribution >= 0.6 is 11.6 Å². The summed E-state index contributed by atoms with van der Waals surface area (Å²) >= 11 is 6.10. The molecule has 0 aliphatic rings. The highest BCUT2D eigenvalue weighted by atomic mass is 35.5. The lowest BCUT2D eigenvalue weighted by Gasteiger charge is -2.08. The van der Waals surface area contributed by atoms with Gasteiger partial charge in [0.05, 0.1) is 0 Å². The number of H-pyrrole nitrogens is 1. The largest absolute Gasteiger partial charge is 0.489 e. The Labute approximate surface area is 132 Å². The number of anilines is 1. The number of hydrogen-bond acceptors (Lipinski definition) is 5. The number of aromatic amines is 1. The molecule has 0 radical (unpaired) electrons. The molecule has 0 amide bonds. The lowest BCUT2D eigenvalue weighted by Crippen LogP contribution is -2.01. The number of hydrogen-bond donors (Lipinski definition) is 2. The standard InChI is InChI=1S/C15H14ClN5O/c16-14-4-2-1-3-12(14)10-22-13-7-5-11(6-8-13)9-17-15-18-20-21-19-15/h1-8H,9-10H2,(H2,17,18,19,20,21). The fraction of sp³-hybridized carbons (Fsp3) is 0.133. The number of nitrogens with one attached hydrogen (secondary N) is 2. The van der Waals surface area contributed by atoms with E-state index in [1.807, 2.05) is 48.5 Å². The Morgan fingerprint density at radius 1 is 1.09 bits per heavy atom. The quantitative estimate of drug-likeness (QED) is 0.731. The normalized spacial score (nSPS) is 10.4. The molecule has 0 unspecified atom stereocenters. The van der Waals surface area contributed by atoms with Gasteiger partial charge in [-0.25, -0.2) is 0 Å². The fourth-order valence-electron chi connectivity index (χ4n) is 1.90. The Morgan fingerprint density at radius 2 is 1.91 bits per heavy atom. The fourth-order valence-corrected chi connectivity index (χ4v) is 2.09. The van der Waals surface area contributed by atoms with Gasteiger partial charge in [-0.15, -0.1) is 5.10 Å². The molecule has 0 aliphatic heterocycles. The van der Waals surface area contributed by atoms with Crippen LogP contribution in [-0.2, 0) is 13.2 Å². The average molecular weight is 316 g/mol. The maximum Gasteiger partial charge on any atom is 0.263 e. The number of aromatic nitrogens is 4. The summed E-state index contributed by atoms with van der Waals surface area (Å²) < 4.78 is 5.73. The molecule has 22 heavy (non-hydrogen) atoms. The van der Waals surface area contributed by atoms with Crippen LogP contribution < -0.4 is 10.1 Å². The SMILES string of the molecule is Clc1ccccc1COc1ccc(CNc2nn[nH]n2)cc1. The zero-order valence-electron chi connectivity index (χ0n) is 11.7. The second kappa shape index (κ2) is 6.91. The van der Waals surface area contributed by atoms with Gasteiger partial charge in [0.15, 0.2) is 0 Å². The van der Waals surface area contributed by atoms with Gasteiger partial charge in [-0.3, -0.25) is 0 Å². The summed E-state index contributed by atoms with van der Waals surface area (Å²) in [5.41, 5.74) is 2.06. The van der Waals surface area contributed by atoms with Gasteiger partial charge in [0, 0.05) is 17.1 Å². The minimum Gasteiger partial charge on any atom is -0.489 e. The molecule has 0 atom stereocenters. The number of benzene rings is 2. The van der Waals surface area contributed by atoms with E-state index in [4.69, 9.17) is 16.3 Å². The molecule has 3 rings (SSSR count). The molecule has 0 aliphatic carbocycles. The van der Waals surface area contributed by atoms with Gasteiger partial charge >= 0.3 is 0 Å². The van der Waals surface area contributed by atoms with Crippen LogP contribution in [0.1, 0.15) is 11.1 Å². The van der Waals surface area contributed by atoms with E-state index in [1.165, 1.54) is 0 Å². The molecule has 0 fully saturated rings. The van der Waals surface area contributed by atoms with Crippen LogP contribution in [0.4, 0.5) is 5.95 Å². The molecule has 3 aromatic rings. The van der Waals surface area contributed by atoms with Gasteiger partial charge in [-0.1, -0.05) is 47.0 Å². The van der Waals surface area contributed by atoms with Crippen molar-refractivity contribution in [1.82, 2.24) is 20.6 Å². The minimum absolute atomic E-state index is 0.445.